The molecule has 4 rings (SSSR count). The largest absolute Gasteiger partial charge is 0.396 e. The van der Waals surface area contributed by atoms with Crippen LogP contribution in [0.5, 0.6) is 0 Å². The summed E-state index contributed by atoms with van der Waals surface area (Å²) in [5, 5.41) is 9.96. The molecule has 0 saturated carbocycles. The molecule has 1 atom stereocenters. The van der Waals surface area contributed by atoms with Crippen LogP contribution in [0.3, 0.4) is 0 Å². The molecule has 1 aromatic carbocycles. The van der Waals surface area contributed by atoms with Crippen molar-refractivity contribution < 1.29 is 14.3 Å². The highest BCUT2D eigenvalue weighted by atomic mass is 19.1. The molecule has 2 aliphatic rings. The molecule has 0 bridgehead atoms. The first-order chi connectivity index (χ1) is 13.6. The lowest BCUT2D eigenvalue weighted by molar-refractivity contribution is -0.133. The summed E-state index contributed by atoms with van der Waals surface area (Å²) in [6.45, 7) is 2.98. The van der Waals surface area contributed by atoms with E-state index in [1.165, 1.54) is 12.1 Å². The molecule has 2 fully saturated rings. The fourth-order valence-electron chi connectivity index (χ4n) is 4.59. The van der Waals surface area contributed by atoms with Crippen LogP contribution in [0.25, 0.3) is 0 Å². The number of carbonyl (C=O) groups excluding carboxylic acids is 1. The zero-order chi connectivity index (χ0) is 19.6. The Bertz CT molecular complexity index is 824. The smallest absolute Gasteiger partial charge is 0.226 e. The van der Waals surface area contributed by atoms with Gasteiger partial charge in [0, 0.05) is 51.1 Å². The number of benzene rings is 1. The second-order valence-electron chi connectivity index (χ2n) is 7.86. The van der Waals surface area contributed by atoms with Gasteiger partial charge in [0.05, 0.1) is 6.42 Å². The molecule has 1 aromatic heterocycles. The maximum Gasteiger partial charge on any atom is 0.226 e. The van der Waals surface area contributed by atoms with Gasteiger partial charge in [0.15, 0.2) is 0 Å². The van der Waals surface area contributed by atoms with E-state index < -0.39 is 0 Å². The van der Waals surface area contributed by atoms with E-state index in [-0.39, 0.29) is 36.1 Å². The van der Waals surface area contributed by atoms with Crippen molar-refractivity contribution in [2.75, 3.05) is 37.7 Å². The second kappa shape index (κ2) is 7.83. The van der Waals surface area contributed by atoms with E-state index in [4.69, 9.17) is 0 Å². The van der Waals surface area contributed by atoms with Crippen molar-refractivity contribution in [2.24, 2.45) is 11.3 Å². The average Bonchev–Trinajstić information content (AvgIpc) is 3.07. The molecule has 1 amide bonds. The van der Waals surface area contributed by atoms with Gasteiger partial charge in [-0.15, -0.1) is 0 Å². The van der Waals surface area contributed by atoms with E-state index in [1.807, 2.05) is 4.90 Å². The molecule has 148 valence electrons. The van der Waals surface area contributed by atoms with Crippen LogP contribution in [-0.4, -0.2) is 58.7 Å². The minimum Gasteiger partial charge on any atom is -0.396 e. The Morgan fingerprint density at radius 1 is 1.21 bits per heavy atom. The summed E-state index contributed by atoms with van der Waals surface area (Å²) < 4.78 is 13.4. The Morgan fingerprint density at radius 2 is 1.96 bits per heavy atom. The SMILES string of the molecule is O=C(Cc1cccc(F)c1)N1CCC2(CC1)CN(c1ncccn1)CC2CO. The van der Waals surface area contributed by atoms with E-state index in [1.54, 1.807) is 30.6 Å². The number of rotatable bonds is 4. The van der Waals surface area contributed by atoms with Crippen molar-refractivity contribution in [3.8, 4) is 0 Å². The van der Waals surface area contributed by atoms with Gasteiger partial charge < -0.3 is 14.9 Å². The number of amides is 1. The standard InChI is InChI=1S/C21H25FN4O2/c22-18-4-1-3-16(11-18)12-19(28)25-9-5-21(6-10-25)15-26(13-17(21)14-27)20-23-7-2-8-24-20/h1-4,7-8,11,17,27H,5-6,9-10,12-15H2. The number of hydrogen-bond donors (Lipinski definition) is 1. The van der Waals surface area contributed by atoms with E-state index in [9.17, 15) is 14.3 Å². The Labute approximate surface area is 164 Å². The maximum atomic E-state index is 13.4. The van der Waals surface area contributed by atoms with E-state index in [0.29, 0.717) is 24.6 Å². The average molecular weight is 384 g/mol. The van der Waals surface area contributed by atoms with Crippen molar-refractivity contribution in [2.45, 2.75) is 19.3 Å². The van der Waals surface area contributed by atoms with Gasteiger partial charge in [0.25, 0.3) is 0 Å². The fourth-order valence-corrected chi connectivity index (χ4v) is 4.59. The molecule has 0 radical (unpaired) electrons. The zero-order valence-corrected chi connectivity index (χ0v) is 15.8. The number of aliphatic hydroxyl groups is 1. The molecule has 7 heteroatoms. The van der Waals surface area contributed by atoms with Crippen LogP contribution in [-0.2, 0) is 11.2 Å². The van der Waals surface area contributed by atoms with Crippen molar-refractivity contribution >= 4 is 11.9 Å². The van der Waals surface area contributed by atoms with Crippen molar-refractivity contribution in [3.05, 3.63) is 54.1 Å². The topological polar surface area (TPSA) is 69.6 Å². The molecule has 28 heavy (non-hydrogen) atoms. The summed E-state index contributed by atoms with van der Waals surface area (Å²) in [6.07, 6.45) is 5.37. The van der Waals surface area contributed by atoms with Gasteiger partial charge in [-0.25, -0.2) is 14.4 Å². The molecule has 6 nitrogen and oxygen atoms in total. The van der Waals surface area contributed by atoms with Gasteiger partial charge >= 0.3 is 0 Å². The third-order valence-corrected chi connectivity index (χ3v) is 6.22. The first-order valence-corrected chi connectivity index (χ1v) is 9.75. The van der Waals surface area contributed by atoms with E-state index in [2.05, 4.69) is 14.9 Å². The van der Waals surface area contributed by atoms with Gasteiger partial charge in [-0.3, -0.25) is 4.79 Å². The highest BCUT2D eigenvalue weighted by Crippen LogP contribution is 2.45. The van der Waals surface area contributed by atoms with Gasteiger partial charge in [-0.1, -0.05) is 12.1 Å². The molecule has 2 saturated heterocycles. The molecule has 1 N–H and O–H groups in total. The Balaban J connectivity index is 1.40. The lowest BCUT2D eigenvalue weighted by atomic mass is 9.71. The molecular weight excluding hydrogens is 359 g/mol. The zero-order valence-electron chi connectivity index (χ0n) is 15.8. The summed E-state index contributed by atoms with van der Waals surface area (Å²) in [7, 11) is 0. The van der Waals surface area contributed by atoms with Gasteiger partial charge in [-0.2, -0.15) is 0 Å². The number of halogens is 1. The third-order valence-electron chi connectivity index (χ3n) is 6.22. The Kier molecular flexibility index (Phi) is 5.26. The van der Waals surface area contributed by atoms with Gasteiger partial charge in [0.2, 0.25) is 11.9 Å². The Hall–Kier alpha value is -2.54. The number of piperidine rings is 1. The van der Waals surface area contributed by atoms with Crippen LogP contribution < -0.4 is 4.90 Å². The summed E-state index contributed by atoms with van der Waals surface area (Å²) in [5.74, 6) is 0.560. The predicted molar refractivity (Wildman–Crippen MR) is 103 cm³/mol. The third kappa shape index (κ3) is 3.71. The van der Waals surface area contributed by atoms with Crippen molar-refractivity contribution in [1.29, 1.82) is 0 Å². The molecule has 1 spiro atoms. The molecule has 3 heterocycles. The lowest BCUT2D eigenvalue weighted by Crippen LogP contribution is -2.47. The predicted octanol–water partition coefficient (Wildman–Crippen LogP) is 1.90. The fraction of sp³-hybridized carbons (Fsp3) is 0.476. The minimum atomic E-state index is -0.317. The highest BCUT2D eigenvalue weighted by Gasteiger charge is 2.48. The number of nitrogens with zero attached hydrogens (tertiary/aromatic N) is 4. The lowest BCUT2D eigenvalue weighted by Gasteiger charge is -2.42. The van der Waals surface area contributed by atoms with Gasteiger partial charge in [-0.05, 0) is 42.0 Å². The van der Waals surface area contributed by atoms with E-state index >= 15 is 0 Å². The monoisotopic (exact) mass is 384 g/mol. The summed E-state index contributed by atoms with van der Waals surface area (Å²) in [4.78, 5) is 25.3. The summed E-state index contributed by atoms with van der Waals surface area (Å²) >= 11 is 0. The number of hydrogen-bond acceptors (Lipinski definition) is 5. The van der Waals surface area contributed by atoms with Crippen molar-refractivity contribution in [1.82, 2.24) is 14.9 Å². The number of likely N-dealkylation sites (tertiary alicyclic amines) is 1. The van der Waals surface area contributed by atoms with Crippen LogP contribution in [0.2, 0.25) is 0 Å². The van der Waals surface area contributed by atoms with Crippen LogP contribution >= 0.6 is 0 Å². The summed E-state index contributed by atoms with van der Waals surface area (Å²) in [6, 6.07) is 8.01. The molecule has 1 unspecified atom stereocenters. The molecule has 0 aliphatic carbocycles. The number of anilines is 1. The van der Waals surface area contributed by atoms with Crippen LogP contribution in [0.15, 0.2) is 42.7 Å². The number of carbonyl (C=O) groups is 1. The molecule has 2 aromatic rings. The molecular formula is C21H25FN4O2. The van der Waals surface area contributed by atoms with Gasteiger partial charge in [0.1, 0.15) is 5.82 Å². The quantitative estimate of drug-likeness (QED) is 0.872. The molecule has 2 aliphatic heterocycles. The first kappa shape index (κ1) is 18.8. The van der Waals surface area contributed by atoms with Crippen LogP contribution in [0.4, 0.5) is 10.3 Å². The van der Waals surface area contributed by atoms with Crippen molar-refractivity contribution in [3.63, 3.8) is 0 Å². The first-order valence-electron chi connectivity index (χ1n) is 9.75. The summed E-state index contributed by atoms with van der Waals surface area (Å²) in [5.41, 5.74) is 0.677. The van der Waals surface area contributed by atoms with E-state index in [0.717, 1.165) is 25.9 Å². The Morgan fingerprint density at radius 3 is 2.64 bits per heavy atom. The van der Waals surface area contributed by atoms with Crippen LogP contribution in [0, 0.1) is 17.2 Å². The van der Waals surface area contributed by atoms with Crippen LogP contribution in [0.1, 0.15) is 18.4 Å². The number of aromatic nitrogens is 2. The number of aliphatic hydroxyl groups excluding tert-OH is 1. The minimum absolute atomic E-state index is 0.0242. The maximum absolute atomic E-state index is 13.4. The highest BCUT2D eigenvalue weighted by molar-refractivity contribution is 5.78. The normalized spacial score (nSPS) is 21.3. The second-order valence-corrected chi connectivity index (χ2v) is 7.86.